The van der Waals surface area contributed by atoms with Crippen LogP contribution in [0.2, 0.25) is 0 Å². The van der Waals surface area contributed by atoms with Crippen LogP contribution in [0.3, 0.4) is 0 Å². The molecule has 0 aliphatic heterocycles. The van der Waals surface area contributed by atoms with Gasteiger partial charge in [0.2, 0.25) is 0 Å². The summed E-state index contributed by atoms with van der Waals surface area (Å²) in [5.41, 5.74) is 1.57. The Morgan fingerprint density at radius 3 is 2.57 bits per heavy atom. The Kier molecular flexibility index (Phi) is 3.65. The summed E-state index contributed by atoms with van der Waals surface area (Å²) in [4.78, 5) is 18.9. The van der Waals surface area contributed by atoms with Crippen molar-refractivity contribution < 1.29 is 5.11 Å². The van der Waals surface area contributed by atoms with Crippen molar-refractivity contribution in [1.82, 2.24) is 9.97 Å². The molecular weight excluding hydrogens is 290 g/mol. The predicted molar refractivity (Wildman–Crippen MR) is 88.6 cm³/mol. The Morgan fingerprint density at radius 1 is 1.17 bits per heavy atom. The van der Waals surface area contributed by atoms with Crippen LogP contribution in [0.4, 0.5) is 0 Å². The zero-order chi connectivity index (χ0) is 16.4. The lowest BCUT2D eigenvalue weighted by atomic mass is 10.1. The maximum atomic E-state index is 12.1. The Balaban J connectivity index is 2.22. The van der Waals surface area contributed by atoms with E-state index in [0.717, 1.165) is 5.56 Å². The van der Waals surface area contributed by atoms with Crippen LogP contribution < -0.4 is 5.56 Å². The molecule has 3 rings (SSSR count). The normalized spacial score (nSPS) is 11.8. The quantitative estimate of drug-likeness (QED) is 0.562. The Morgan fingerprint density at radius 2 is 1.87 bits per heavy atom. The van der Waals surface area contributed by atoms with Gasteiger partial charge >= 0.3 is 0 Å². The van der Waals surface area contributed by atoms with Crippen LogP contribution in [0.25, 0.3) is 22.2 Å². The Labute approximate surface area is 132 Å². The summed E-state index contributed by atoms with van der Waals surface area (Å²) in [5.74, 6) is -0.166. The molecule has 1 heterocycles. The van der Waals surface area contributed by atoms with Gasteiger partial charge in [0.15, 0.2) is 5.82 Å². The minimum absolute atomic E-state index is 0.0503. The van der Waals surface area contributed by atoms with Gasteiger partial charge in [-0.2, -0.15) is 5.26 Å². The van der Waals surface area contributed by atoms with Gasteiger partial charge in [-0.15, -0.1) is 0 Å². The van der Waals surface area contributed by atoms with E-state index in [9.17, 15) is 15.2 Å². The first-order chi connectivity index (χ1) is 11.1. The molecule has 0 atom stereocenters. The molecule has 0 saturated heterocycles. The Bertz CT molecular complexity index is 1010. The van der Waals surface area contributed by atoms with Crippen LogP contribution >= 0.6 is 0 Å². The van der Waals surface area contributed by atoms with Crippen LogP contribution in [0.15, 0.2) is 53.3 Å². The number of para-hydroxylation sites is 1. The lowest BCUT2D eigenvalue weighted by molar-refractivity contribution is 0.513. The highest BCUT2D eigenvalue weighted by atomic mass is 16.3. The number of aromatic amines is 1. The minimum atomic E-state index is -0.352. The number of allylic oxidation sites excluding steroid dienone is 1. The summed E-state index contributed by atoms with van der Waals surface area (Å²) in [7, 11) is 0. The predicted octanol–water partition coefficient (Wildman–Crippen LogP) is 3.18. The highest BCUT2D eigenvalue weighted by Gasteiger charge is 2.14. The first-order valence-electron chi connectivity index (χ1n) is 7.00. The molecule has 0 unspecified atom stereocenters. The first-order valence-corrected chi connectivity index (χ1v) is 7.00. The molecule has 3 aromatic rings. The van der Waals surface area contributed by atoms with Gasteiger partial charge in [-0.25, -0.2) is 4.98 Å². The highest BCUT2D eigenvalue weighted by Crippen LogP contribution is 2.22. The molecule has 0 aliphatic carbocycles. The molecule has 23 heavy (non-hydrogen) atoms. The number of hydrogen-bond acceptors (Lipinski definition) is 4. The van der Waals surface area contributed by atoms with Gasteiger partial charge in [0.05, 0.1) is 10.9 Å². The third-order valence-electron chi connectivity index (χ3n) is 3.52. The number of hydrogen-bond donors (Lipinski definition) is 2. The SMILES string of the molecule is Cc1ccc(C(O)=C(C#N)c2nc3ccccc3c(=O)[nH]2)cc1. The van der Waals surface area contributed by atoms with Gasteiger partial charge in [-0.3, -0.25) is 4.79 Å². The molecule has 5 heteroatoms. The maximum absolute atomic E-state index is 12.1. The van der Waals surface area contributed by atoms with E-state index in [-0.39, 0.29) is 22.7 Å². The third kappa shape index (κ3) is 2.70. The van der Waals surface area contributed by atoms with E-state index in [1.54, 1.807) is 36.4 Å². The summed E-state index contributed by atoms with van der Waals surface area (Å²) in [5, 5.41) is 20.2. The van der Waals surface area contributed by atoms with Crippen molar-refractivity contribution >= 4 is 22.2 Å². The smallest absolute Gasteiger partial charge is 0.259 e. The molecule has 2 aromatic carbocycles. The third-order valence-corrected chi connectivity index (χ3v) is 3.52. The van der Waals surface area contributed by atoms with E-state index in [2.05, 4.69) is 9.97 Å². The second-order valence-corrected chi connectivity index (χ2v) is 5.13. The summed E-state index contributed by atoms with van der Waals surface area (Å²) in [6.45, 7) is 1.93. The summed E-state index contributed by atoms with van der Waals surface area (Å²) in [6, 6.07) is 15.8. The topological polar surface area (TPSA) is 89.8 Å². The fourth-order valence-electron chi connectivity index (χ4n) is 2.28. The van der Waals surface area contributed by atoms with Gasteiger partial charge in [0.1, 0.15) is 17.4 Å². The van der Waals surface area contributed by atoms with Crippen molar-refractivity contribution in [2.45, 2.75) is 6.92 Å². The molecular formula is C18H13N3O2. The van der Waals surface area contributed by atoms with Crippen LogP contribution in [0.5, 0.6) is 0 Å². The van der Waals surface area contributed by atoms with Crippen molar-refractivity contribution in [1.29, 1.82) is 5.26 Å². The molecule has 5 nitrogen and oxygen atoms in total. The fourth-order valence-corrected chi connectivity index (χ4v) is 2.28. The van der Waals surface area contributed by atoms with Gasteiger partial charge < -0.3 is 10.1 Å². The zero-order valence-corrected chi connectivity index (χ0v) is 12.4. The van der Waals surface area contributed by atoms with E-state index in [1.165, 1.54) is 0 Å². The number of aliphatic hydroxyl groups is 1. The Hall–Kier alpha value is -3.39. The number of aliphatic hydroxyl groups excluding tert-OH is 1. The lowest BCUT2D eigenvalue weighted by Crippen LogP contribution is -2.11. The number of fused-ring (bicyclic) bond motifs is 1. The number of rotatable bonds is 2. The van der Waals surface area contributed by atoms with Gasteiger partial charge in [0.25, 0.3) is 5.56 Å². The van der Waals surface area contributed by atoms with Crippen LogP contribution in [-0.4, -0.2) is 15.1 Å². The van der Waals surface area contributed by atoms with E-state index < -0.39 is 0 Å². The van der Waals surface area contributed by atoms with E-state index in [1.807, 2.05) is 25.1 Å². The fraction of sp³-hybridized carbons (Fsp3) is 0.0556. The first kappa shape index (κ1) is 14.5. The average Bonchev–Trinajstić information content (AvgIpc) is 2.56. The second kappa shape index (κ2) is 5.78. The second-order valence-electron chi connectivity index (χ2n) is 5.13. The van der Waals surface area contributed by atoms with Gasteiger partial charge in [-0.1, -0.05) is 42.0 Å². The molecule has 0 spiro atoms. The summed E-state index contributed by atoms with van der Waals surface area (Å²) >= 11 is 0. The molecule has 0 bridgehead atoms. The molecule has 1 aromatic heterocycles. The van der Waals surface area contributed by atoms with E-state index in [4.69, 9.17) is 0 Å². The minimum Gasteiger partial charge on any atom is -0.506 e. The molecule has 2 N–H and O–H groups in total. The van der Waals surface area contributed by atoms with Gasteiger partial charge in [-0.05, 0) is 19.1 Å². The number of nitrogens with one attached hydrogen (secondary N) is 1. The number of H-pyrrole nitrogens is 1. The standard InChI is InChI=1S/C18H13N3O2/c1-11-6-8-12(9-7-11)16(22)14(10-19)17-20-15-5-3-2-4-13(15)18(23)21-17/h2-9,22H,1H3,(H,20,21,23). The molecule has 0 amide bonds. The van der Waals surface area contributed by atoms with Gasteiger partial charge in [0, 0.05) is 5.56 Å². The molecule has 0 fully saturated rings. The van der Waals surface area contributed by atoms with Crippen molar-refractivity contribution in [3.05, 3.63) is 75.8 Å². The van der Waals surface area contributed by atoms with E-state index in [0.29, 0.717) is 16.5 Å². The largest absolute Gasteiger partial charge is 0.506 e. The molecule has 112 valence electrons. The zero-order valence-electron chi connectivity index (χ0n) is 12.4. The summed E-state index contributed by atoms with van der Waals surface area (Å²) in [6.07, 6.45) is 0. The number of benzene rings is 2. The number of aryl methyl sites for hydroxylation is 1. The van der Waals surface area contributed by atoms with E-state index >= 15 is 0 Å². The molecule has 0 saturated carbocycles. The molecule has 0 radical (unpaired) electrons. The van der Waals surface area contributed by atoms with Crippen molar-refractivity contribution in [3.8, 4) is 6.07 Å². The van der Waals surface area contributed by atoms with Crippen molar-refractivity contribution in [2.75, 3.05) is 0 Å². The highest BCUT2D eigenvalue weighted by molar-refractivity contribution is 5.93. The maximum Gasteiger partial charge on any atom is 0.259 e. The summed E-state index contributed by atoms with van der Waals surface area (Å²) < 4.78 is 0. The number of aromatic nitrogens is 2. The average molecular weight is 303 g/mol. The monoisotopic (exact) mass is 303 g/mol. The molecule has 0 aliphatic rings. The number of nitrogens with zero attached hydrogens (tertiary/aromatic N) is 2. The van der Waals surface area contributed by atoms with Crippen molar-refractivity contribution in [2.24, 2.45) is 0 Å². The van der Waals surface area contributed by atoms with Crippen LogP contribution in [-0.2, 0) is 0 Å². The lowest BCUT2D eigenvalue weighted by Gasteiger charge is -2.06. The van der Waals surface area contributed by atoms with Crippen LogP contribution in [0.1, 0.15) is 17.0 Å². The number of nitriles is 1. The van der Waals surface area contributed by atoms with Crippen molar-refractivity contribution in [3.63, 3.8) is 0 Å². The van der Waals surface area contributed by atoms with Crippen LogP contribution in [0, 0.1) is 18.3 Å².